The van der Waals surface area contributed by atoms with Gasteiger partial charge in [0.2, 0.25) is 5.13 Å². The van der Waals surface area contributed by atoms with Gasteiger partial charge in [-0.3, -0.25) is 0 Å². The average Bonchev–Trinajstić information content (AvgIpc) is 3.32. The van der Waals surface area contributed by atoms with E-state index in [1.54, 1.807) is 0 Å². The molecular weight excluding hydrogens is 322 g/mol. The van der Waals surface area contributed by atoms with E-state index in [2.05, 4.69) is 16.2 Å². The van der Waals surface area contributed by atoms with E-state index in [4.69, 9.17) is 14.1 Å². The summed E-state index contributed by atoms with van der Waals surface area (Å²) in [6.45, 7) is 4.18. The van der Waals surface area contributed by atoms with Crippen molar-refractivity contribution in [2.75, 3.05) is 24.7 Å². The fraction of sp³-hybridized carbons (Fsp3) is 0.333. The third-order valence-electron chi connectivity index (χ3n) is 4.18. The van der Waals surface area contributed by atoms with E-state index < -0.39 is 0 Å². The summed E-state index contributed by atoms with van der Waals surface area (Å²) >= 11 is 1.43. The largest absolute Gasteiger partial charge is 0.464 e. The Hall–Kier alpha value is -2.18. The molecule has 3 heterocycles. The first-order valence-electron chi connectivity index (χ1n) is 8.17. The maximum atomic E-state index is 5.95. The molecule has 0 amide bonds. The average molecular weight is 341 g/mol. The SMILES string of the molecule is CCc1ccc(C2COCCN2c2nc(-c3ccccc3)ns2)o1. The Morgan fingerprint density at radius 2 is 2.08 bits per heavy atom. The van der Waals surface area contributed by atoms with Gasteiger partial charge in [0.15, 0.2) is 5.82 Å². The van der Waals surface area contributed by atoms with Crippen molar-refractivity contribution in [3.05, 3.63) is 54.0 Å². The first kappa shape index (κ1) is 15.4. The molecule has 1 unspecified atom stereocenters. The van der Waals surface area contributed by atoms with E-state index in [1.165, 1.54) is 11.5 Å². The molecule has 1 saturated heterocycles. The Labute approximate surface area is 145 Å². The maximum Gasteiger partial charge on any atom is 0.206 e. The van der Waals surface area contributed by atoms with Crippen LogP contribution in [0.15, 0.2) is 46.9 Å². The van der Waals surface area contributed by atoms with Crippen LogP contribution < -0.4 is 4.90 Å². The molecule has 0 radical (unpaired) electrons. The van der Waals surface area contributed by atoms with Gasteiger partial charge in [0.25, 0.3) is 0 Å². The van der Waals surface area contributed by atoms with E-state index in [0.29, 0.717) is 13.2 Å². The third-order valence-corrected chi connectivity index (χ3v) is 4.93. The molecule has 0 saturated carbocycles. The molecule has 24 heavy (non-hydrogen) atoms. The predicted octanol–water partition coefficient (Wildman–Crippen LogP) is 3.94. The minimum atomic E-state index is 0.0515. The van der Waals surface area contributed by atoms with Crippen LogP contribution in [-0.2, 0) is 11.2 Å². The molecule has 1 atom stereocenters. The van der Waals surface area contributed by atoms with Crippen LogP contribution in [0.5, 0.6) is 0 Å². The molecule has 1 aliphatic heterocycles. The van der Waals surface area contributed by atoms with Gasteiger partial charge in [0.1, 0.15) is 17.6 Å². The van der Waals surface area contributed by atoms with Crippen LogP contribution in [0.1, 0.15) is 24.5 Å². The molecular formula is C18H19N3O2S. The van der Waals surface area contributed by atoms with Crippen molar-refractivity contribution in [2.24, 2.45) is 0 Å². The summed E-state index contributed by atoms with van der Waals surface area (Å²) in [6, 6.07) is 14.2. The minimum absolute atomic E-state index is 0.0515. The van der Waals surface area contributed by atoms with Gasteiger partial charge < -0.3 is 14.1 Å². The van der Waals surface area contributed by atoms with Gasteiger partial charge in [0, 0.05) is 30.1 Å². The molecule has 6 heteroatoms. The van der Waals surface area contributed by atoms with Gasteiger partial charge in [-0.05, 0) is 12.1 Å². The molecule has 1 fully saturated rings. The lowest BCUT2D eigenvalue weighted by Crippen LogP contribution is -2.39. The number of morpholine rings is 1. The van der Waals surface area contributed by atoms with Crippen LogP contribution in [-0.4, -0.2) is 29.1 Å². The zero-order chi connectivity index (χ0) is 16.4. The zero-order valence-electron chi connectivity index (χ0n) is 13.5. The maximum absolute atomic E-state index is 5.95. The van der Waals surface area contributed by atoms with Crippen molar-refractivity contribution in [3.63, 3.8) is 0 Å². The smallest absolute Gasteiger partial charge is 0.206 e. The summed E-state index contributed by atoms with van der Waals surface area (Å²) in [6.07, 6.45) is 0.893. The number of nitrogens with zero attached hydrogens (tertiary/aromatic N) is 3. The zero-order valence-corrected chi connectivity index (χ0v) is 14.3. The van der Waals surface area contributed by atoms with Crippen LogP contribution in [0, 0.1) is 0 Å². The number of hydrogen-bond donors (Lipinski definition) is 0. The number of rotatable bonds is 4. The number of aryl methyl sites for hydroxylation is 1. The van der Waals surface area contributed by atoms with Crippen LogP contribution in [0.25, 0.3) is 11.4 Å². The quantitative estimate of drug-likeness (QED) is 0.719. The number of anilines is 1. The number of ether oxygens (including phenoxy) is 1. The second-order valence-corrected chi connectivity index (χ2v) is 6.44. The number of furan rings is 1. The molecule has 2 aromatic heterocycles. The molecule has 0 N–H and O–H groups in total. The molecule has 1 aromatic carbocycles. The Morgan fingerprint density at radius 3 is 2.88 bits per heavy atom. The fourth-order valence-corrected chi connectivity index (χ4v) is 3.63. The Kier molecular flexibility index (Phi) is 4.32. The lowest BCUT2D eigenvalue weighted by molar-refractivity contribution is 0.0873. The van der Waals surface area contributed by atoms with Gasteiger partial charge in [-0.2, -0.15) is 9.36 Å². The number of benzene rings is 1. The van der Waals surface area contributed by atoms with E-state index in [-0.39, 0.29) is 6.04 Å². The van der Waals surface area contributed by atoms with Crippen LogP contribution in [0.4, 0.5) is 5.13 Å². The summed E-state index contributed by atoms with van der Waals surface area (Å²) in [5.74, 6) is 2.70. The highest BCUT2D eigenvalue weighted by atomic mass is 32.1. The van der Waals surface area contributed by atoms with Crippen molar-refractivity contribution >= 4 is 16.7 Å². The Bertz CT molecular complexity index is 799. The van der Waals surface area contributed by atoms with Crippen LogP contribution in [0.3, 0.4) is 0 Å². The highest BCUT2D eigenvalue weighted by Crippen LogP contribution is 2.33. The first-order valence-corrected chi connectivity index (χ1v) is 8.94. The lowest BCUT2D eigenvalue weighted by atomic mass is 10.2. The monoisotopic (exact) mass is 341 g/mol. The Balaban J connectivity index is 1.62. The molecule has 0 aliphatic carbocycles. The molecule has 0 bridgehead atoms. The molecule has 1 aliphatic rings. The summed E-state index contributed by atoms with van der Waals surface area (Å²) in [7, 11) is 0. The van der Waals surface area contributed by atoms with E-state index in [0.717, 1.165) is 41.0 Å². The number of hydrogen-bond acceptors (Lipinski definition) is 6. The molecule has 0 spiro atoms. The van der Waals surface area contributed by atoms with Gasteiger partial charge >= 0.3 is 0 Å². The minimum Gasteiger partial charge on any atom is -0.464 e. The second-order valence-electron chi connectivity index (χ2n) is 5.71. The standard InChI is InChI=1S/C18H19N3O2S/c1-2-14-8-9-16(23-14)15-12-22-11-10-21(15)18-19-17(20-24-18)13-6-4-3-5-7-13/h3-9,15H,2,10-12H2,1H3. The Morgan fingerprint density at radius 1 is 1.21 bits per heavy atom. The highest BCUT2D eigenvalue weighted by Gasteiger charge is 2.29. The highest BCUT2D eigenvalue weighted by molar-refractivity contribution is 7.09. The van der Waals surface area contributed by atoms with Crippen molar-refractivity contribution in [3.8, 4) is 11.4 Å². The fourth-order valence-electron chi connectivity index (χ4n) is 2.87. The normalized spacial score (nSPS) is 18.0. The van der Waals surface area contributed by atoms with Crippen LogP contribution in [0.2, 0.25) is 0 Å². The van der Waals surface area contributed by atoms with Gasteiger partial charge in [-0.1, -0.05) is 37.3 Å². The number of aromatic nitrogens is 2. The van der Waals surface area contributed by atoms with Crippen molar-refractivity contribution in [1.29, 1.82) is 0 Å². The van der Waals surface area contributed by atoms with Crippen molar-refractivity contribution in [2.45, 2.75) is 19.4 Å². The molecule has 124 valence electrons. The molecule has 4 rings (SSSR count). The topological polar surface area (TPSA) is 51.4 Å². The van der Waals surface area contributed by atoms with Gasteiger partial charge in [-0.15, -0.1) is 0 Å². The summed E-state index contributed by atoms with van der Waals surface area (Å²) in [4.78, 5) is 6.98. The molecule has 3 aromatic rings. The third kappa shape index (κ3) is 2.95. The summed E-state index contributed by atoms with van der Waals surface area (Å²) in [5.41, 5.74) is 1.04. The van der Waals surface area contributed by atoms with Crippen molar-refractivity contribution in [1.82, 2.24) is 9.36 Å². The molecule has 5 nitrogen and oxygen atoms in total. The predicted molar refractivity (Wildman–Crippen MR) is 94.3 cm³/mol. The summed E-state index contributed by atoms with van der Waals surface area (Å²) in [5, 5.41) is 0.914. The van der Waals surface area contributed by atoms with Crippen molar-refractivity contribution < 1.29 is 9.15 Å². The van der Waals surface area contributed by atoms with E-state index >= 15 is 0 Å². The summed E-state index contributed by atoms with van der Waals surface area (Å²) < 4.78 is 16.2. The van der Waals surface area contributed by atoms with Crippen LogP contribution >= 0.6 is 11.5 Å². The van der Waals surface area contributed by atoms with E-state index in [9.17, 15) is 0 Å². The van der Waals surface area contributed by atoms with E-state index in [1.807, 2.05) is 42.5 Å². The van der Waals surface area contributed by atoms with Gasteiger partial charge in [-0.25, -0.2) is 0 Å². The second kappa shape index (κ2) is 6.75. The lowest BCUT2D eigenvalue weighted by Gasteiger charge is -2.33. The van der Waals surface area contributed by atoms with Gasteiger partial charge in [0.05, 0.1) is 13.2 Å². The first-order chi connectivity index (χ1) is 11.8.